The molecule has 0 bridgehead atoms. The Morgan fingerprint density at radius 2 is 1.61 bits per heavy atom. The van der Waals surface area contributed by atoms with Crippen molar-refractivity contribution < 1.29 is 0 Å². The zero-order valence-electron chi connectivity index (χ0n) is 13.8. The summed E-state index contributed by atoms with van der Waals surface area (Å²) in [7, 11) is 0. The lowest BCUT2D eigenvalue weighted by Gasteiger charge is -2.21. The molecule has 1 aliphatic heterocycles. The number of anilines is 2. The van der Waals surface area contributed by atoms with Crippen molar-refractivity contribution in [2.75, 3.05) is 23.3 Å². The highest BCUT2D eigenvalue weighted by Crippen LogP contribution is 2.29. The average molecular weight is 310 g/mol. The maximum atomic E-state index is 4.91. The fourth-order valence-corrected chi connectivity index (χ4v) is 3.90. The van der Waals surface area contributed by atoms with Crippen LogP contribution in [0.1, 0.15) is 51.4 Å². The Kier molecular flexibility index (Phi) is 4.31. The third kappa shape index (κ3) is 3.26. The molecule has 122 valence electrons. The molecule has 0 amide bonds. The molecule has 4 nitrogen and oxygen atoms in total. The Morgan fingerprint density at radius 3 is 2.39 bits per heavy atom. The standard InChI is InChI=1S/C19H26N4/c1-2-4-10-15(9-3-1)20-19-21-17-12-6-5-11-16(17)18(22-19)23-13-7-8-14-23/h5-6,11-12,15H,1-4,7-10,13-14H2,(H,20,21,22). The SMILES string of the molecule is c1ccc2c(N3CCCC3)nc(NC3CCCCCC3)nc2c1. The lowest BCUT2D eigenvalue weighted by Crippen LogP contribution is -2.23. The van der Waals surface area contributed by atoms with E-state index in [1.165, 1.54) is 56.8 Å². The van der Waals surface area contributed by atoms with Crippen LogP contribution >= 0.6 is 0 Å². The summed E-state index contributed by atoms with van der Waals surface area (Å²) < 4.78 is 0. The normalized spacial score (nSPS) is 19.9. The van der Waals surface area contributed by atoms with Gasteiger partial charge in [0.25, 0.3) is 0 Å². The zero-order valence-corrected chi connectivity index (χ0v) is 13.8. The van der Waals surface area contributed by atoms with Crippen LogP contribution in [-0.4, -0.2) is 29.1 Å². The van der Waals surface area contributed by atoms with Gasteiger partial charge in [0.05, 0.1) is 5.52 Å². The molecule has 2 aromatic rings. The predicted octanol–water partition coefficient (Wildman–Crippen LogP) is 4.36. The van der Waals surface area contributed by atoms with Crippen molar-refractivity contribution in [1.82, 2.24) is 9.97 Å². The van der Waals surface area contributed by atoms with Gasteiger partial charge in [-0.1, -0.05) is 37.8 Å². The molecule has 1 aliphatic carbocycles. The molecule has 1 aromatic carbocycles. The summed E-state index contributed by atoms with van der Waals surface area (Å²) in [6, 6.07) is 8.94. The van der Waals surface area contributed by atoms with Crippen LogP contribution in [0.3, 0.4) is 0 Å². The molecule has 2 aliphatic rings. The number of nitrogens with zero attached hydrogens (tertiary/aromatic N) is 3. The van der Waals surface area contributed by atoms with E-state index >= 15 is 0 Å². The van der Waals surface area contributed by atoms with Gasteiger partial charge in [0.2, 0.25) is 5.95 Å². The minimum Gasteiger partial charge on any atom is -0.356 e. The molecule has 0 spiro atoms. The summed E-state index contributed by atoms with van der Waals surface area (Å²) in [6.45, 7) is 2.23. The van der Waals surface area contributed by atoms with E-state index in [1.54, 1.807) is 0 Å². The number of hydrogen-bond donors (Lipinski definition) is 1. The first-order valence-corrected chi connectivity index (χ1v) is 9.18. The van der Waals surface area contributed by atoms with E-state index in [4.69, 9.17) is 9.97 Å². The van der Waals surface area contributed by atoms with E-state index in [1.807, 2.05) is 0 Å². The van der Waals surface area contributed by atoms with Crippen molar-refractivity contribution in [3.05, 3.63) is 24.3 Å². The smallest absolute Gasteiger partial charge is 0.225 e. The number of rotatable bonds is 3. The maximum Gasteiger partial charge on any atom is 0.225 e. The van der Waals surface area contributed by atoms with Crippen molar-refractivity contribution in [1.29, 1.82) is 0 Å². The summed E-state index contributed by atoms with van der Waals surface area (Å²) in [6.07, 6.45) is 10.4. The topological polar surface area (TPSA) is 41.1 Å². The molecule has 2 fully saturated rings. The Morgan fingerprint density at radius 1 is 0.870 bits per heavy atom. The molecule has 0 unspecified atom stereocenters. The minimum absolute atomic E-state index is 0.532. The van der Waals surface area contributed by atoms with E-state index in [9.17, 15) is 0 Å². The summed E-state index contributed by atoms with van der Waals surface area (Å²) in [5.74, 6) is 1.93. The molecule has 23 heavy (non-hydrogen) atoms. The van der Waals surface area contributed by atoms with Crippen molar-refractivity contribution >= 4 is 22.7 Å². The monoisotopic (exact) mass is 310 g/mol. The van der Waals surface area contributed by atoms with Crippen LogP contribution < -0.4 is 10.2 Å². The Bertz CT molecular complexity index is 655. The van der Waals surface area contributed by atoms with Gasteiger partial charge in [0.1, 0.15) is 5.82 Å². The van der Waals surface area contributed by atoms with E-state index in [0.29, 0.717) is 6.04 Å². The van der Waals surface area contributed by atoms with Gasteiger partial charge in [-0.3, -0.25) is 0 Å². The molecule has 1 aromatic heterocycles. The molecular weight excluding hydrogens is 284 g/mol. The van der Waals surface area contributed by atoms with Crippen molar-refractivity contribution in [2.45, 2.75) is 57.4 Å². The van der Waals surface area contributed by atoms with Gasteiger partial charge in [-0.05, 0) is 37.8 Å². The first-order chi connectivity index (χ1) is 11.4. The van der Waals surface area contributed by atoms with Gasteiger partial charge in [0, 0.05) is 24.5 Å². The number of para-hydroxylation sites is 1. The lowest BCUT2D eigenvalue weighted by molar-refractivity contribution is 0.615. The highest BCUT2D eigenvalue weighted by molar-refractivity contribution is 5.90. The number of fused-ring (bicyclic) bond motifs is 1. The van der Waals surface area contributed by atoms with Crippen LogP contribution in [0.4, 0.5) is 11.8 Å². The third-order valence-electron chi connectivity index (χ3n) is 5.18. The quantitative estimate of drug-likeness (QED) is 0.855. The molecule has 4 heteroatoms. The zero-order chi connectivity index (χ0) is 15.5. The van der Waals surface area contributed by atoms with Crippen molar-refractivity contribution in [3.8, 4) is 0 Å². The van der Waals surface area contributed by atoms with E-state index in [0.717, 1.165) is 30.4 Å². The van der Waals surface area contributed by atoms with E-state index in [2.05, 4.69) is 34.5 Å². The number of nitrogens with one attached hydrogen (secondary N) is 1. The Balaban J connectivity index is 1.66. The summed E-state index contributed by atoms with van der Waals surface area (Å²) in [5.41, 5.74) is 1.06. The fraction of sp³-hybridized carbons (Fsp3) is 0.579. The van der Waals surface area contributed by atoms with Crippen LogP contribution in [0, 0.1) is 0 Å². The molecule has 1 saturated heterocycles. The predicted molar refractivity (Wildman–Crippen MR) is 96.1 cm³/mol. The van der Waals surface area contributed by atoms with E-state index < -0.39 is 0 Å². The van der Waals surface area contributed by atoms with E-state index in [-0.39, 0.29) is 0 Å². The Labute approximate surface area is 138 Å². The lowest BCUT2D eigenvalue weighted by atomic mass is 10.1. The molecule has 0 radical (unpaired) electrons. The van der Waals surface area contributed by atoms with Crippen molar-refractivity contribution in [3.63, 3.8) is 0 Å². The fourth-order valence-electron chi connectivity index (χ4n) is 3.90. The first kappa shape index (κ1) is 14.7. The highest BCUT2D eigenvalue weighted by Gasteiger charge is 2.19. The second kappa shape index (κ2) is 6.73. The minimum atomic E-state index is 0.532. The molecule has 0 atom stereocenters. The van der Waals surface area contributed by atoms with Gasteiger partial charge in [-0.2, -0.15) is 4.98 Å². The van der Waals surface area contributed by atoms with Crippen LogP contribution in [0.5, 0.6) is 0 Å². The largest absolute Gasteiger partial charge is 0.356 e. The number of aromatic nitrogens is 2. The summed E-state index contributed by atoms with van der Waals surface area (Å²) in [5, 5.41) is 4.81. The molecular formula is C19H26N4. The highest BCUT2D eigenvalue weighted by atomic mass is 15.2. The Hall–Kier alpha value is -1.84. The van der Waals surface area contributed by atoms with Gasteiger partial charge < -0.3 is 10.2 Å². The maximum absolute atomic E-state index is 4.91. The third-order valence-corrected chi connectivity index (χ3v) is 5.18. The second-order valence-corrected chi connectivity index (χ2v) is 6.91. The van der Waals surface area contributed by atoms with Gasteiger partial charge in [-0.15, -0.1) is 0 Å². The van der Waals surface area contributed by atoms with Crippen molar-refractivity contribution in [2.24, 2.45) is 0 Å². The second-order valence-electron chi connectivity index (χ2n) is 6.91. The molecule has 4 rings (SSSR count). The average Bonchev–Trinajstić information content (AvgIpc) is 3.00. The molecule has 1 N–H and O–H groups in total. The van der Waals surface area contributed by atoms with Crippen LogP contribution in [0.25, 0.3) is 10.9 Å². The summed E-state index contributed by atoms with van der Waals surface area (Å²) >= 11 is 0. The summed E-state index contributed by atoms with van der Waals surface area (Å²) in [4.78, 5) is 12.1. The van der Waals surface area contributed by atoms with Gasteiger partial charge in [0.15, 0.2) is 0 Å². The van der Waals surface area contributed by atoms with Gasteiger partial charge >= 0.3 is 0 Å². The van der Waals surface area contributed by atoms with Crippen LogP contribution in [-0.2, 0) is 0 Å². The number of hydrogen-bond acceptors (Lipinski definition) is 4. The number of benzene rings is 1. The van der Waals surface area contributed by atoms with Crippen LogP contribution in [0.2, 0.25) is 0 Å². The first-order valence-electron chi connectivity index (χ1n) is 9.18. The van der Waals surface area contributed by atoms with Gasteiger partial charge in [-0.25, -0.2) is 4.98 Å². The van der Waals surface area contributed by atoms with Crippen LogP contribution in [0.15, 0.2) is 24.3 Å². The molecule has 1 saturated carbocycles. The molecule has 2 heterocycles.